The van der Waals surface area contributed by atoms with Crippen LogP contribution in [-0.4, -0.2) is 45.4 Å². The lowest BCUT2D eigenvalue weighted by molar-refractivity contribution is -0.118. The topological polar surface area (TPSA) is 78.3 Å². The predicted molar refractivity (Wildman–Crippen MR) is 107 cm³/mol. The second-order valence-electron chi connectivity index (χ2n) is 8.00. The normalized spacial score (nSPS) is 26.2. The highest BCUT2D eigenvalue weighted by molar-refractivity contribution is 5.91. The summed E-state index contributed by atoms with van der Waals surface area (Å²) in [4.78, 5) is 21.7. The molecule has 1 N–H and O–H groups in total. The molecule has 2 aliphatic heterocycles. The van der Waals surface area contributed by atoms with E-state index in [-0.39, 0.29) is 25.5 Å². The molecule has 3 fully saturated rings. The number of nitrogens with one attached hydrogen (secondary N) is 1. The third-order valence-corrected chi connectivity index (χ3v) is 6.08. The maximum Gasteiger partial charge on any atom is 0.229 e. The summed E-state index contributed by atoms with van der Waals surface area (Å²) in [7, 11) is 0. The summed E-state index contributed by atoms with van der Waals surface area (Å²) in [5, 5.41) is 2.99. The molecule has 4 heterocycles. The van der Waals surface area contributed by atoms with Crippen molar-refractivity contribution < 1.29 is 14.3 Å². The molecule has 1 aliphatic carbocycles. The minimum atomic E-state index is -0.0633. The Morgan fingerprint density at radius 1 is 1.29 bits per heavy atom. The van der Waals surface area contributed by atoms with Crippen LogP contribution in [-0.2, 0) is 14.3 Å². The first-order valence-corrected chi connectivity index (χ1v) is 10.1. The minimum Gasteiger partial charge on any atom is -0.375 e. The van der Waals surface area contributed by atoms with Crippen LogP contribution in [0.2, 0.25) is 0 Å². The number of rotatable bonds is 6. The number of hydrogen-bond donors (Lipinski definition) is 1. The number of aromatic nitrogens is 3. The number of amides is 1. The van der Waals surface area contributed by atoms with Gasteiger partial charge in [-0.3, -0.25) is 14.7 Å². The summed E-state index contributed by atoms with van der Waals surface area (Å²) in [5.41, 5.74) is 2.66. The third-order valence-electron chi connectivity index (χ3n) is 6.08. The van der Waals surface area contributed by atoms with Crippen molar-refractivity contribution in [2.75, 3.05) is 11.9 Å². The highest BCUT2D eigenvalue weighted by Gasteiger charge is 2.41. The summed E-state index contributed by atoms with van der Waals surface area (Å²) in [6, 6.07) is 4.31. The molecule has 0 spiro atoms. The van der Waals surface area contributed by atoms with Gasteiger partial charge in [0.15, 0.2) is 5.65 Å². The fraction of sp³-hybridized carbons (Fsp3) is 0.667. The Labute approximate surface area is 165 Å². The van der Waals surface area contributed by atoms with Crippen molar-refractivity contribution in [3.63, 3.8) is 0 Å². The Bertz CT molecular complexity index is 861. The molecule has 5 rings (SSSR count). The average Bonchev–Trinajstić information content (AvgIpc) is 3.29. The zero-order valence-corrected chi connectivity index (χ0v) is 15.7. The lowest BCUT2D eigenvalue weighted by Crippen LogP contribution is -2.27. The highest BCUT2D eigenvalue weighted by atomic mass is 16.6. The first-order chi connectivity index (χ1) is 13.2. The van der Waals surface area contributed by atoms with Crippen LogP contribution < -0.4 is 5.32 Å². The third kappa shape index (κ3) is 3.53. The highest BCUT2D eigenvalue weighted by Crippen LogP contribution is 2.37. The van der Waals surface area contributed by atoms with Gasteiger partial charge in [0.1, 0.15) is 5.52 Å². The van der Waals surface area contributed by atoms with Crippen LogP contribution in [0.25, 0.3) is 11.2 Å². The largest absolute Gasteiger partial charge is 0.375 e. The molecule has 0 unspecified atom stereocenters. The van der Waals surface area contributed by atoms with E-state index in [0.717, 1.165) is 49.0 Å². The van der Waals surface area contributed by atoms with Crippen LogP contribution in [0, 0.1) is 6.92 Å². The number of fused-ring (bicyclic) bond motifs is 3. The minimum absolute atomic E-state index is 0. The van der Waals surface area contributed by atoms with Crippen LogP contribution >= 0.6 is 0 Å². The van der Waals surface area contributed by atoms with Crippen LogP contribution in [0.4, 0.5) is 5.95 Å². The average molecular weight is 386 g/mol. The number of imidazole rings is 1. The van der Waals surface area contributed by atoms with Gasteiger partial charge in [0.25, 0.3) is 0 Å². The molecule has 2 aromatic heterocycles. The molecule has 2 aromatic rings. The van der Waals surface area contributed by atoms with Crippen molar-refractivity contribution in [1.82, 2.24) is 14.5 Å². The lowest BCUT2D eigenvalue weighted by atomic mass is 9.93. The number of carbonyl (C=O) groups excluding carboxylic acids is 1. The molecule has 3 aliphatic rings. The van der Waals surface area contributed by atoms with Crippen LogP contribution in [0.15, 0.2) is 12.1 Å². The van der Waals surface area contributed by atoms with Crippen molar-refractivity contribution in [3.05, 3.63) is 17.8 Å². The van der Waals surface area contributed by atoms with E-state index < -0.39 is 0 Å². The number of anilines is 1. The lowest BCUT2D eigenvalue weighted by Gasteiger charge is -2.28. The van der Waals surface area contributed by atoms with E-state index in [9.17, 15) is 4.79 Å². The molecule has 1 amide bonds. The number of aryl methyl sites for hydroxylation is 1. The Morgan fingerprint density at radius 2 is 2.14 bits per heavy atom. The molecule has 152 valence electrons. The quantitative estimate of drug-likeness (QED) is 0.818. The Balaban J connectivity index is 0.00000192. The summed E-state index contributed by atoms with van der Waals surface area (Å²) in [6.07, 6.45) is 7.71. The van der Waals surface area contributed by atoms with Crippen LogP contribution in [0.3, 0.4) is 0 Å². The number of pyridine rings is 1. The van der Waals surface area contributed by atoms with Crippen molar-refractivity contribution >= 4 is 23.0 Å². The van der Waals surface area contributed by atoms with Gasteiger partial charge in [-0.15, -0.1) is 0 Å². The second-order valence-corrected chi connectivity index (χ2v) is 8.00. The molecule has 2 saturated heterocycles. The number of carbonyl (C=O) groups is 1. The van der Waals surface area contributed by atoms with Crippen LogP contribution in [0.5, 0.6) is 0 Å². The zero-order valence-electron chi connectivity index (χ0n) is 15.7. The van der Waals surface area contributed by atoms with E-state index in [4.69, 9.17) is 9.47 Å². The monoisotopic (exact) mass is 386 g/mol. The molecule has 1 saturated carbocycles. The Kier molecular flexibility index (Phi) is 5.38. The van der Waals surface area contributed by atoms with E-state index in [1.54, 1.807) is 0 Å². The molecular weight excluding hydrogens is 356 g/mol. The van der Waals surface area contributed by atoms with Crippen molar-refractivity contribution in [1.29, 1.82) is 0 Å². The van der Waals surface area contributed by atoms with E-state index in [0.29, 0.717) is 31.1 Å². The standard InChI is InChI=1S/C20H26N4O3.CH4/c1-12-5-7-15-19(21-12)24(13-3-2-4-13)20(22-15)23-18(25)9-10-26-17-11-14-6-8-16(17)27-14;/h5,7,13-14,16-17H,2-4,6,8-11H2,1H3,(H,22,23,25);1H4/t14-,16+,17+;/m0./s1. The van der Waals surface area contributed by atoms with E-state index in [2.05, 4.69) is 19.9 Å². The van der Waals surface area contributed by atoms with Gasteiger partial charge >= 0.3 is 0 Å². The van der Waals surface area contributed by atoms with Gasteiger partial charge in [-0.2, -0.15) is 0 Å². The van der Waals surface area contributed by atoms with E-state index in [1.807, 2.05) is 19.1 Å². The van der Waals surface area contributed by atoms with Gasteiger partial charge in [-0.1, -0.05) is 7.43 Å². The molecule has 28 heavy (non-hydrogen) atoms. The summed E-state index contributed by atoms with van der Waals surface area (Å²) >= 11 is 0. The molecule has 0 radical (unpaired) electrons. The molecule has 3 atom stereocenters. The maximum absolute atomic E-state index is 12.5. The Hall–Kier alpha value is -1.99. The predicted octanol–water partition coefficient (Wildman–Crippen LogP) is 3.77. The van der Waals surface area contributed by atoms with E-state index in [1.165, 1.54) is 6.42 Å². The smallest absolute Gasteiger partial charge is 0.229 e. The van der Waals surface area contributed by atoms with Crippen molar-refractivity contribution in [2.24, 2.45) is 0 Å². The van der Waals surface area contributed by atoms with Crippen molar-refractivity contribution in [2.45, 2.75) is 83.6 Å². The summed E-state index contributed by atoms with van der Waals surface area (Å²) in [5.74, 6) is 0.549. The maximum atomic E-state index is 12.5. The van der Waals surface area contributed by atoms with Gasteiger partial charge in [0.2, 0.25) is 11.9 Å². The number of nitrogens with zero attached hydrogens (tertiary/aromatic N) is 3. The van der Waals surface area contributed by atoms with Crippen LogP contribution in [0.1, 0.15) is 64.1 Å². The zero-order chi connectivity index (χ0) is 18.4. The summed E-state index contributed by atoms with van der Waals surface area (Å²) in [6.45, 7) is 2.40. The Morgan fingerprint density at radius 3 is 2.82 bits per heavy atom. The molecule has 0 aromatic carbocycles. The fourth-order valence-corrected chi connectivity index (χ4v) is 4.40. The fourth-order valence-electron chi connectivity index (χ4n) is 4.40. The second kappa shape index (κ2) is 7.79. The van der Waals surface area contributed by atoms with Gasteiger partial charge < -0.3 is 9.47 Å². The van der Waals surface area contributed by atoms with Crippen molar-refractivity contribution in [3.8, 4) is 0 Å². The number of ether oxygens (including phenoxy) is 2. The summed E-state index contributed by atoms with van der Waals surface area (Å²) < 4.78 is 13.8. The number of hydrogen-bond acceptors (Lipinski definition) is 5. The van der Waals surface area contributed by atoms with Gasteiger partial charge in [-0.25, -0.2) is 9.97 Å². The van der Waals surface area contributed by atoms with E-state index >= 15 is 0 Å². The molecular formula is C21H30N4O3. The van der Waals surface area contributed by atoms with Gasteiger partial charge in [-0.05, 0) is 51.2 Å². The molecule has 7 heteroatoms. The SMILES string of the molecule is C.Cc1ccc2nc(NC(=O)CCO[C@@H]3C[C@@H]4CC[C@H]3O4)n(C3CCC3)c2n1. The molecule has 2 bridgehead atoms. The first kappa shape index (κ1) is 19.3. The molecule has 7 nitrogen and oxygen atoms in total. The first-order valence-electron chi connectivity index (χ1n) is 10.1. The van der Waals surface area contributed by atoms with Gasteiger partial charge in [0, 0.05) is 18.2 Å². The van der Waals surface area contributed by atoms with Gasteiger partial charge in [0.05, 0.1) is 31.3 Å².